The fourth-order valence-electron chi connectivity index (χ4n) is 2.63. The van der Waals surface area contributed by atoms with E-state index in [1.165, 1.54) is 0 Å². The Hall–Kier alpha value is -1.82. The standard InChI is InChI=1S/C20H23NO3S/c1-15-7-8-18(19(11-15)25-17-5-3-2-4-6-17)20(22)21-12-16-13-23-9-10-24-14-16/h2-8,11,16H,9-10,12-14H2,1H3,(H,21,22). The van der Waals surface area contributed by atoms with Gasteiger partial charge in [0.15, 0.2) is 0 Å². The summed E-state index contributed by atoms with van der Waals surface area (Å²) in [5, 5.41) is 3.03. The summed E-state index contributed by atoms with van der Waals surface area (Å²) in [6.07, 6.45) is 0. The van der Waals surface area contributed by atoms with Crippen molar-refractivity contribution in [1.82, 2.24) is 5.32 Å². The number of rotatable bonds is 5. The van der Waals surface area contributed by atoms with Crippen LogP contribution in [0.2, 0.25) is 0 Å². The van der Waals surface area contributed by atoms with Crippen LogP contribution in [0.4, 0.5) is 0 Å². The van der Waals surface area contributed by atoms with E-state index < -0.39 is 0 Å². The summed E-state index contributed by atoms with van der Waals surface area (Å²) in [7, 11) is 0. The van der Waals surface area contributed by atoms with Gasteiger partial charge in [-0.05, 0) is 36.8 Å². The van der Waals surface area contributed by atoms with Crippen LogP contribution in [0, 0.1) is 12.8 Å². The van der Waals surface area contributed by atoms with E-state index in [1.807, 2.05) is 37.3 Å². The number of nitrogens with one attached hydrogen (secondary N) is 1. The average Bonchev–Trinajstić information content (AvgIpc) is 2.89. The normalized spacial score (nSPS) is 15.6. The Morgan fingerprint density at radius 1 is 1.12 bits per heavy atom. The Bertz CT molecular complexity index is 697. The van der Waals surface area contributed by atoms with Crippen molar-refractivity contribution in [3.05, 3.63) is 59.7 Å². The van der Waals surface area contributed by atoms with Crippen LogP contribution in [0.5, 0.6) is 0 Å². The number of aryl methyl sites for hydroxylation is 1. The molecule has 1 fully saturated rings. The Morgan fingerprint density at radius 2 is 1.84 bits per heavy atom. The van der Waals surface area contributed by atoms with E-state index in [9.17, 15) is 4.79 Å². The minimum atomic E-state index is -0.0531. The predicted octanol–water partition coefficient (Wildman–Crippen LogP) is 3.54. The Labute approximate surface area is 152 Å². The Morgan fingerprint density at radius 3 is 2.56 bits per heavy atom. The lowest BCUT2D eigenvalue weighted by atomic mass is 10.1. The van der Waals surface area contributed by atoms with E-state index in [2.05, 4.69) is 23.5 Å². The van der Waals surface area contributed by atoms with E-state index in [0.29, 0.717) is 38.5 Å². The van der Waals surface area contributed by atoms with Crippen LogP contribution in [0.3, 0.4) is 0 Å². The summed E-state index contributed by atoms with van der Waals surface area (Å²) < 4.78 is 11.0. The molecular weight excluding hydrogens is 334 g/mol. The zero-order valence-electron chi connectivity index (χ0n) is 14.4. The van der Waals surface area contributed by atoms with E-state index in [4.69, 9.17) is 9.47 Å². The molecule has 3 rings (SSSR count). The van der Waals surface area contributed by atoms with Gasteiger partial charge >= 0.3 is 0 Å². The molecule has 0 saturated carbocycles. The summed E-state index contributed by atoms with van der Waals surface area (Å²) in [5.41, 5.74) is 1.84. The molecule has 1 amide bonds. The van der Waals surface area contributed by atoms with Crippen molar-refractivity contribution in [3.63, 3.8) is 0 Å². The number of amides is 1. The van der Waals surface area contributed by atoms with Crippen LogP contribution >= 0.6 is 11.8 Å². The van der Waals surface area contributed by atoms with E-state index in [-0.39, 0.29) is 11.8 Å². The van der Waals surface area contributed by atoms with Crippen LogP contribution in [-0.4, -0.2) is 38.9 Å². The first-order chi connectivity index (χ1) is 12.2. The quantitative estimate of drug-likeness (QED) is 0.889. The molecule has 1 aliphatic rings. The highest BCUT2D eigenvalue weighted by atomic mass is 32.2. The van der Waals surface area contributed by atoms with Crippen molar-refractivity contribution in [1.29, 1.82) is 0 Å². The van der Waals surface area contributed by atoms with Crippen molar-refractivity contribution in [2.75, 3.05) is 33.0 Å². The molecule has 0 atom stereocenters. The van der Waals surface area contributed by atoms with Gasteiger partial charge in [0.1, 0.15) is 0 Å². The Kier molecular flexibility index (Phi) is 6.50. The number of hydrogen-bond donors (Lipinski definition) is 1. The summed E-state index contributed by atoms with van der Waals surface area (Å²) >= 11 is 1.61. The summed E-state index contributed by atoms with van der Waals surface area (Å²) in [5.74, 6) is 0.143. The van der Waals surface area contributed by atoms with Gasteiger partial charge in [0, 0.05) is 22.3 Å². The molecule has 4 nitrogen and oxygen atoms in total. The molecule has 0 unspecified atom stereocenters. The van der Waals surface area contributed by atoms with Gasteiger partial charge in [0.2, 0.25) is 0 Å². The molecule has 1 N–H and O–H groups in total. The molecule has 5 heteroatoms. The molecule has 0 aliphatic carbocycles. The maximum atomic E-state index is 12.7. The van der Waals surface area contributed by atoms with Crippen molar-refractivity contribution in [2.45, 2.75) is 16.7 Å². The number of hydrogen-bond acceptors (Lipinski definition) is 4. The van der Waals surface area contributed by atoms with Crippen molar-refractivity contribution >= 4 is 17.7 Å². The fourth-order valence-corrected chi connectivity index (χ4v) is 3.70. The van der Waals surface area contributed by atoms with Gasteiger partial charge in [-0.1, -0.05) is 36.0 Å². The monoisotopic (exact) mass is 357 g/mol. The van der Waals surface area contributed by atoms with Gasteiger partial charge in [0.25, 0.3) is 5.91 Å². The summed E-state index contributed by atoms with van der Waals surface area (Å²) in [6, 6.07) is 16.0. The zero-order chi connectivity index (χ0) is 17.5. The first kappa shape index (κ1) is 18.0. The largest absolute Gasteiger partial charge is 0.379 e. The lowest BCUT2D eigenvalue weighted by Gasteiger charge is -2.15. The predicted molar refractivity (Wildman–Crippen MR) is 99.2 cm³/mol. The number of benzene rings is 2. The van der Waals surface area contributed by atoms with Crippen molar-refractivity contribution in [3.8, 4) is 0 Å². The molecule has 132 valence electrons. The fraction of sp³-hybridized carbons (Fsp3) is 0.350. The molecular formula is C20H23NO3S. The minimum absolute atomic E-state index is 0.0531. The van der Waals surface area contributed by atoms with Crippen molar-refractivity contribution in [2.24, 2.45) is 5.92 Å². The second-order valence-corrected chi connectivity index (χ2v) is 7.26. The highest BCUT2D eigenvalue weighted by Gasteiger charge is 2.17. The molecule has 0 spiro atoms. The molecule has 2 aromatic rings. The third-order valence-corrected chi connectivity index (χ3v) is 5.05. The second kappa shape index (κ2) is 9.04. The lowest BCUT2D eigenvalue weighted by molar-refractivity contribution is 0.0914. The first-order valence-corrected chi connectivity index (χ1v) is 9.31. The first-order valence-electron chi connectivity index (χ1n) is 8.49. The third kappa shape index (κ3) is 5.33. The number of ether oxygens (including phenoxy) is 2. The maximum absolute atomic E-state index is 12.7. The molecule has 1 aliphatic heterocycles. The second-order valence-electron chi connectivity index (χ2n) is 6.14. The average molecular weight is 357 g/mol. The molecule has 0 bridgehead atoms. The van der Waals surface area contributed by atoms with Gasteiger partial charge in [-0.15, -0.1) is 0 Å². The molecule has 2 aromatic carbocycles. The molecule has 1 heterocycles. The van der Waals surface area contributed by atoms with Crippen molar-refractivity contribution < 1.29 is 14.3 Å². The van der Waals surface area contributed by atoms with Gasteiger partial charge in [0.05, 0.1) is 32.0 Å². The molecule has 0 radical (unpaired) electrons. The number of carbonyl (C=O) groups excluding carboxylic acids is 1. The van der Waals surface area contributed by atoms with Crippen LogP contribution in [0.1, 0.15) is 15.9 Å². The maximum Gasteiger partial charge on any atom is 0.252 e. The van der Waals surface area contributed by atoms with E-state index in [0.717, 1.165) is 15.4 Å². The third-order valence-electron chi connectivity index (χ3n) is 3.98. The zero-order valence-corrected chi connectivity index (χ0v) is 15.2. The molecule has 25 heavy (non-hydrogen) atoms. The van der Waals surface area contributed by atoms with Gasteiger partial charge in [-0.25, -0.2) is 0 Å². The SMILES string of the molecule is Cc1ccc(C(=O)NCC2COCCOC2)c(Sc2ccccc2)c1. The van der Waals surface area contributed by atoms with Gasteiger partial charge in [-0.2, -0.15) is 0 Å². The number of carbonyl (C=O) groups is 1. The van der Waals surface area contributed by atoms with E-state index in [1.54, 1.807) is 11.8 Å². The highest BCUT2D eigenvalue weighted by molar-refractivity contribution is 7.99. The van der Waals surface area contributed by atoms with Crippen LogP contribution in [0.25, 0.3) is 0 Å². The smallest absolute Gasteiger partial charge is 0.252 e. The van der Waals surface area contributed by atoms with Crippen LogP contribution in [-0.2, 0) is 9.47 Å². The lowest BCUT2D eigenvalue weighted by Crippen LogP contribution is -2.33. The topological polar surface area (TPSA) is 47.6 Å². The minimum Gasteiger partial charge on any atom is -0.379 e. The van der Waals surface area contributed by atoms with Gasteiger partial charge < -0.3 is 14.8 Å². The summed E-state index contributed by atoms with van der Waals surface area (Å²) in [4.78, 5) is 14.8. The summed E-state index contributed by atoms with van der Waals surface area (Å²) in [6.45, 7) is 5.10. The van der Waals surface area contributed by atoms with Crippen LogP contribution in [0.15, 0.2) is 58.3 Å². The molecule has 0 aromatic heterocycles. The van der Waals surface area contributed by atoms with Crippen LogP contribution < -0.4 is 5.32 Å². The molecule has 1 saturated heterocycles. The van der Waals surface area contributed by atoms with E-state index >= 15 is 0 Å². The Balaban J connectivity index is 1.68. The van der Waals surface area contributed by atoms with Gasteiger partial charge in [-0.3, -0.25) is 4.79 Å². The highest BCUT2D eigenvalue weighted by Crippen LogP contribution is 2.31.